The summed E-state index contributed by atoms with van der Waals surface area (Å²) >= 11 is 1.92. The van der Waals surface area contributed by atoms with Crippen molar-refractivity contribution in [1.29, 1.82) is 0 Å². The summed E-state index contributed by atoms with van der Waals surface area (Å²) in [6, 6.07) is 2.85. The van der Waals surface area contributed by atoms with E-state index < -0.39 is 17.8 Å². The van der Waals surface area contributed by atoms with Gasteiger partial charge in [0.05, 0.1) is 6.04 Å². The monoisotopic (exact) mass is 359 g/mol. The molecule has 0 unspecified atom stereocenters. The molecule has 3 rings (SSSR count). The molecular weight excluding hydrogens is 343 g/mol. The van der Waals surface area contributed by atoms with Crippen molar-refractivity contribution in [1.82, 2.24) is 19.6 Å². The number of nitrogens with one attached hydrogen (secondary N) is 1. The molecule has 1 saturated heterocycles. The predicted molar refractivity (Wildman–Crippen MR) is 83.7 cm³/mol. The first-order chi connectivity index (χ1) is 11.4. The van der Waals surface area contributed by atoms with E-state index >= 15 is 0 Å². The highest BCUT2D eigenvalue weighted by molar-refractivity contribution is 7.99. The number of carbonyl (C=O) groups is 1. The molecule has 6 nitrogen and oxygen atoms in total. The second kappa shape index (κ2) is 6.88. The van der Waals surface area contributed by atoms with Crippen molar-refractivity contribution in [3.8, 4) is 0 Å². The Balaban J connectivity index is 1.57. The number of amides is 1. The molecule has 1 N–H and O–H groups in total. The topological polar surface area (TPSA) is 64.7 Å². The molecule has 0 atom stereocenters. The third-order valence-corrected chi connectivity index (χ3v) is 4.73. The number of nitrogens with zero attached hydrogens (tertiary/aromatic N) is 4. The van der Waals surface area contributed by atoms with E-state index in [9.17, 15) is 18.0 Å². The predicted octanol–water partition coefficient (Wildman–Crippen LogP) is 2.81. The van der Waals surface area contributed by atoms with Crippen molar-refractivity contribution in [2.24, 2.45) is 0 Å². The lowest BCUT2D eigenvalue weighted by atomic mass is 10.2. The van der Waals surface area contributed by atoms with Gasteiger partial charge in [0, 0.05) is 18.5 Å². The summed E-state index contributed by atoms with van der Waals surface area (Å²) in [5.74, 6) is 2.10. The third-order valence-electron chi connectivity index (χ3n) is 3.68. The van der Waals surface area contributed by atoms with Gasteiger partial charge in [-0.05, 0) is 30.4 Å². The lowest BCUT2D eigenvalue weighted by Crippen LogP contribution is -2.21. The molecule has 0 aromatic carbocycles. The number of thioether (sulfide) groups is 1. The number of alkyl halides is 3. The van der Waals surface area contributed by atoms with Crippen LogP contribution >= 0.6 is 11.8 Å². The lowest BCUT2D eigenvalue weighted by Gasteiger charge is -2.21. The number of anilines is 1. The zero-order chi connectivity index (χ0) is 17.2. The second-order valence-corrected chi connectivity index (χ2v) is 6.69. The number of hydrogen-bond donors (Lipinski definition) is 1. The fourth-order valence-electron chi connectivity index (χ4n) is 2.49. The minimum Gasteiger partial charge on any atom is -0.308 e. The van der Waals surface area contributed by atoms with Crippen LogP contribution in [-0.2, 0) is 17.5 Å². The minimum absolute atomic E-state index is 0.303. The Morgan fingerprint density at radius 1 is 1.25 bits per heavy atom. The molecule has 3 heterocycles. The van der Waals surface area contributed by atoms with Crippen LogP contribution in [0.1, 0.15) is 24.6 Å². The molecule has 0 saturated carbocycles. The van der Waals surface area contributed by atoms with Crippen molar-refractivity contribution in [2.75, 3.05) is 16.8 Å². The highest BCUT2D eigenvalue weighted by atomic mass is 32.2. The van der Waals surface area contributed by atoms with Crippen LogP contribution in [0.25, 0.3) is 0 Å². The van der Waals surface area contributed by atoms with Gasteiger partial charge in [-0.25, -0.2) is 0 Å². The number of halogens is 3. The van der Waals surface area contributed by atoms with Gasteiger partial charge in [0.25, 0.3) is 0 Å². The fraction of sp³-hybridized carbons (Fsp3) is 0.500. The summed E-state index contributed by atoms with van der Waals surface area (Å²) in [7, 11) is 0. The molecule has 130 valence electrons. The molecule has 0 bridgehead atoms. The van der Waals surface area contributed by atoms with Gasteiger partial charge in [0.1, 0.15) is 6.54 Å². The van der Waals surface area contributed by atoms with E-state index in [0.717, 1.165) is 41.3 Å². The van der Waals surface area contributed by atoms with E-state index in [1.165, 1.54) is 0 Å². The van der Waals surface area contributed by atoms with Crippen LogP contribution in [0, 0.1) is 0 Å². The van der Waals surface area contributed by atoms with Gasteiger partial charge in [-0.3, -0.25) is 14.2 Å². The molecule has 2 aromatic heterocycles. The molecule has 0 radical (unpaired) electrons. The van der Waals surface area contributed by atoms with Crippen LogP contribution in [0.2, 0.25) is 0 Å². The Hall–Kier alpha value is -1.97. The van der Waals surface area contributed by atoms with E-state index in [1.54, 1.807) is 6.07 Å². The average molecular weight is 359 g/mol. The summed E-state index contributed by atoms with van der Waals surface area (Å²) in [4.78, 5) is 11.9. The molecule has 2 aromatic rings. The van der Waals surface area contributed by atoms with Crippen LogP contribution in [0.4, 0.5) is 19.0 Å². The summed E-state index contributed by atoms with van der Waals surface area (Å²) in [5.41, 5.74) is -1.02. The molecule has 24 heavy (non-hydrogen) atoms. The highest BCUT2D eigenvalue weighted by Crippen LogP contribution is 2.28. The van der Waals surface area contributed by atoms with E-state index in [1.807, 2.05) is 22.6 Å². The summed E-state index contributed by atoms with van der Waals surface area (Å²) in [6.07, 6.45) is 0.492. The molecular formula is C14H16F3N5OS. The van der Waals surface area contributed by atoms with Gasteiger partial charge in [-0.15, -0.1) is 0 Å². The lowest BCUT2D eigenvalue weighted by molar-refractivity contribution is -0.141. The van der Waals surface area contributed by atoms with Gasteiger partial charge >= 0.3 is 6.18 Å². The number of rotatable bonds is 4. The van der Waals surface area contributed by atoms with Crippen molar-refractivity contribution >= 4 is 23.5 Å². The summed E-state index contributed by atoms with van der Waals surface area (Å²) < 4.78 is 40.2. The maximum atomic E-state index is 12.5. The van der Waals surface area contributed by atoms with Gasteiger partial charge in [0.2, 0.25) is 5.91 Å². The summed E-state index contributed by atoms with van der Waals surface area (Å²) in [6.45, 7) is -0.303. The molecule has 1 aliphatic heterocycles. The van der Waals surface area contributed by atoms with Gasteiger partial charge in [0.15, 0.2) is 11.5 Å². The van der Waals surface area contributed by atoms with Crippen LogP contribution in [0.5, 0.6) is 0 Å². The number of hydrogen-bond acceptors (Lipinski definition) is 4. The maximum Gasteiger partial charge on any atom is 0.435 e. The Morgan fingerprint density at radius 3 is 2.67 bits per heavy atom. The fourth-order valence-corrected chi connectivity index (χ4v) is 3.57. The molecule has 0 aliphatic carbocycles. The molecule has 10 heteroatoms. The SMILES string of the molecule is O=C(Cn1ccc(C(F)(F)F)n1)Nc1ccn(C2CCSCC2)n1. The minimum atomic E-state index is -4.52. The molecule has 1 amide bonds. The number of aromatic nitrogens is 4. The Kier molecular flexibility index (Phi) is 4.83. The van der Waals surface area contributed by atoms with E-state index in [0.29, 0.717) is 11.9 Å². The zero-order valence-corrected chi connectivity index (χ0v) is 13.5. The standard InChI is InChI=1S/C14H16F3N5OS/c15-14(16,17)11-1-5-21(19-11)9-13(23)18-12-2-6-22(20-12)10-3-7-24-8-4-10/h1-2,5-6,10H,3-4,7-9H2,(H,18,20,23). The second-order valence-electron chi connectivity index (χ2n) is 5.47. The Labute approximate surface area is 140 Å². The van der Waals surface area contributed by atoms with Gasteiger partial charge in [-0.1, -0.05) is 0 Å². The first kappa shape index (κ1) is 16.9. The first-order valence-corrected chi connectivity index (χ1v) is 8.61. The Morgan fingerprint density at radius 2 is 2.00 bits per heavy atom. The zero-order valence-electron chi connectivity index (χ0n) is 12.7. The third kappa shape index (κ3) is 4.11. The van der Waals surface area contributed by atoms with Crippen LogP contribution in [-0.4, -0.2) is 37.0 Å². The molecule has 0 spiro atoms. The van der Waals surface area contributed by atoms with E-state index in [4.69, 9.17) is 0 Å². The molecule has 1 fully saturated rings. The van der Waals surface area contributed by atoms with Crippen LogP contribution in [0.15, 0.2) is 24.5 Å². The van der Waals surface area contributed by atoms with E-state index in [2.05, 4.69) is 15.5 Å². The largest absolute Gasteiger partial charge is 0.435 e. The quantitative estimate of drug-likeness (QED) is 0.912. The van der Waals surface area contributed by atoms with Gasteiger partial charge < -0.3 is 5.32 Å². The smallest absolute Gasteiger partial charge is 0.308 e. The average Bonchev–Trinajstić information content (AvgIpc) is 3.17. The summed E-state index contributed by atoms with van der Waals surface area (Å²) in [5, 5.41) is 10.3. The number of carbonyl (C=O) groups excluding carboxylic acids is 1. The molecule has 1 aliphatic rings. The Bertz CT molecular complexity index is 705. The normalized spacial score (nSPS) is 16.3. The van der Waals surface area contributed by atoms with Crippen molar-refractivity contribution in [3.05, 3.63) is 30.2 Å². The van der Waals surface area contributed by atoms with Crippen LogP contribution in [0.3, 0.4) is 0 Å². The van der Waals surface area contributed by atoms with Crippen molar-refractivity contribution in [2.45, 2.75) is 31.6 Å². The maximum absolute atomic E-state index is 12.5. The van der Waals surface area contributed by atoms with Gasteiger partial charge in [-0.2, -0.15) is 35.1 Å². The van der Waals surface area contributed by atoms with E-state index in [-0.39, 0.29) is 6.54 Å². The van der Waals surface area contributed by atoms with Crippen LogP contribution < -0.4 is 5.32 Å². The van der Waals surface area contributed by atoms with Crippen molar-refractivity contribution < 1.29 is 18.0 Å². The highest BCUT2D eigenvalue weighted by Gasteiger charge is 2.33. The van der Waals surface area contributed by atoms with Crippen molar-refractivity contribution in [3.63, 3.8) is 0 Å². The first-order valence-electron chi connectivity index (χ1n) is 7.45.